The first kappa shape index (κ1) is 14.0. The Morgan fingerprint density at radius 2 is 2.00 bits per heavy atom. The molecule has 0 amide bonds. The summed E-state index contributed by atoms with van der Waals surface area (Å²) in [5.41, 5.74) is 3.46. The topological polar surface area (TPSA) is 46.5 Å². The second-order valence-electron chi connectivity index (χ2n) is 5.28. The molecule has 2 aromatic carbocycles. The number of ether oxygens (including phenoxy) is 1. The van der Waals surface area contributed by atoms with Crippen LogP contribution >= 0.6 is 11.6 Å². The van der Waals surface area contributed by atoms with Gasteiger partial charge < -0.3 is 9.84 Å². The van der Waals surface area contributed by atoms with Crippen LogP contribution in [0.5, 0.6) is 5.75 Å². The molecule has 4 heteroatoms. The largest absolute Gasteiger partial charge is 0.485 e. The third-order valence-corrected chi connectivity index (χ3v) is 4.00. The predicted octanol–water partition coefficient (Wildman–Crippen LogP) is 4.41. The molecule has 21 heavy (non-hydrogen) atoms. The summed E-state index contributed by atoms with van der Waals surface area (Å²) in [6.07, 6.45) is 1.72. The Morgan fingerprint density at radius 1 is 1.29 bits per heavy atom. The lowest BCUT2D eigenvalue weighted by atomic mass is 9.95. The lowest BCUT2D eigenvalue weighted by molar-refractivity contribution is 0.0696. The van der Waals surface area contributed by atoms with E-state index >= 15 is 0 Å². The van der Waals surface area contributed by atoms with Gasteiger partial charge >= 0.3 is 5.97 Å². The van der Waals surface area contributed by atoms with Crippen molar-refractivity contribution < 1.29 is 14.6 Å². The maximum Gasteiger partial charge on any atom is 0.335 e. The molecular weight excluding hydrogens is 288 g/mol. The maximum absolute atomic E-state index is 10.9. The van der Waals surface area contributed by atoms with Crippen molar-refractivity contribution in [2.75, 3.05) is 0 Å². The minimum absolute atomic E-state index is 0.0415. The minimum atomic E-state index is -0.915. The summed E-state index contributed by atoms with van der Waals surface area (Å²) >= 11 is 6.07. The van der Waals surface area contributed by atoms with Gasteiger partial charge in [0.2, 0.25) is 0 Å². The third kappa shape index (κ3) is 2.74. The first-order valence-corrected chi connectivity index (χ1v) is 7.21. The highest BCUT2D eigenvalue weighted by molar-refractivity contribution is 6.30. The molecule has 1 unspecified atom stereocenters. The summed E-state index contributed by atoms with van der Waals surface area (Å²) in [5, 5.41) is 9.67. The van der Waals surface area contributed by atoms with Gasteiger partial charge in [-0.3, -0.25) is 0 Å². The van der Waals surface area contributed by atoms with E-state index in [-0.39, 0.29) is 11.7 Å². The molecule has 1 aliphatic heterocycles. The summed E-state index contributed by atoms with van der Waals surface area (Å²) in [4.78, 5) is 10.9. The van der Waals surface area contributed by atoms with Gasteiger partial charge in [-0.2, -0.15) is 0 Å². The molecule has 1 aliphatic rings. The van der Waals surface area contributed by atoms with Gasteiger partial charge in [0.15, 0.2) is 0 Å². The SMILES string of the molecule is Cc1cc(Cl)cc2c1OC(c1ccc(C(=O)O)cc1)CC2. The zero-order chi connectivity index (χ0) is 15.0. The van der Waals surface area contributed by atoms with Crippen LogP contribution in [0.25, 0.3) is 0 Å². The summed E-state index contributed by atoms with van der Waals surface area (Å²) < 4.78 is 6.10. The molecule has 0 bridgehead atoms. The average molecular weight is 303 g/mol. The van der Waals surface area contributed by atoms with Gasteiger partial charge in [-0.1, -0.05) is 23.7 Å². The average Bonchev–Trinajstić information content (AvgIpc) is 2.47. The number of hydrogen-bond acceptors (Lipinski definition) is 2. The van der Waals surface area contributed by atoms with E-state index in [2.05, 4.69) is 0 Å². The zero-order valence-corrected chi connectivity index (χ0v) is 12.4. The molecular formula is C17H15ClO3. The number of halogens is 1. The van der Waals surface area contributed by atoms with Crippen LogP contribution in [0.2, 0.25) is 5.02 Å². The third-order valence-electron chi connectivity index (χ3n) is 3.78. The lowest BCUT2D eigenvalue weighted by Crippen LogP contribution is -2.16. The van der Waals surface area contributed by atoms with Crippen molar-refractivity contribution in [3.05, 3.63) is 63.7 Å². The molecule has 1 N–H and O–H groups in total. The molecule has 3 nitrogen and oxygen atoms in total. The molecule has 1 heterocycles. The van der Waals surface area contributed by atoms with Crippen LogP contribution in [0.1, 0.15) is 39.6 Å². The number of aromatic carboxylic acids is 1. The van der Waals surface area contributed by atoms with E-state index in [1.807, 2.05) is 31.2 Å². The van der Waals surface area contributed by atoms with Crippen LogP contribution in [0.3, 0.4) is 0 Å². The fourth-order valence-corrected chi connectivity index (χ4v) is 3.01. The first-order chi connectivity index (χ1) is 10.0. The number of hydrogen-bond donors (Lipinski definition) is 1. The number of aryl methyl sites for hydroxylation is 2. The lowest BCUT2D eigenvalue weighted by Gasteiger charge is -2.28. The van der Waals surface area contributed by atoms with Gasteiger partial charge in [-0.25, -0.2) is 4.79 Å². The number of benzene rings is 2. The number of rotatable bonds is 2. The molecule has 2 aromatic rings. The van der Waals surface area contributed by atoms with E-state index in [9.17, 15) is 4.79 Å². The van der Waals surface area contributed by atoms with Gasteiger partial charge in [0.1, 0.15) is 11.9 Å². The molecule has 0 radical (unpaired) electrons. The van der Waals surface area contributed by atoms with Crippen molar-refractivity contribution in [3.63, 3.8) is 0 Å². The van der Waals surface area contributed by atoms with Crippen LogP contribution in [-0.2, 0) is 6.42 Å². The van der Waals surface area contributed by atoms with Crippen molar-refractivity contribution in [2.24, 2.45) is 0 Å². The van der Waals surface area contributed by atoms with Gasteiger partial charge in [0.25, 0.3) is 0 Å². The molecule has 0 saturated heterocycles. The highest BCUT2D eigenvalue weighted by Gasteiger charge is 2.23. The van der Waals surface area contributed by atoms with E-state index < -0.39 is 5.97 Å². The van der Waals surface area contributed by atoms with Crippen molar-refractivity contribution in [1.82, 2.24) is 0 Å². The second-order valence-corrected chi connectivity index (χ2v) is 5.72. The normalized spacial score (nSPS) is 17.0. The number of carbonyl (C=O) groups is 1. The summed E-state index contributed by atoms with van der Waals surface area (Å²) in [7, 11) is 0. The highest BCUT2D eigenvalue weighted by atomic mass is 35.5. The van der Waals surface area contributed by atoms with Crippen LogP contribution in [0.4, 0.5) is 0 Å². The molecule has 1 atom stereocenters. The van der Waals surface area contributed by atoms with Crippen molar-refractivity contribution in [3.8, 4) is 5.75 Å². The van der Waals surface area contributed by atoms with Gasteiger partial charge in [-0.05, 0) is 60.7 Å². The van der Waals surface area contributed by atoms with Gasteiger partial charge in [0, 0.05) is 5.02 Å². The van der Waals surface area contributed by atoms with Crippen molar-refractivity contribution in [1.29, 1.82) is 0 Å². The molecule has 0 aliphatic carbocycles. The number of carboxylic acids is 1. The predicted molar refractivity (Wildman–Crippen MR) is 81.3 cm³/mol. The highest BCUT2D eigenvalue weighted by Crippen LogP contribution is 2.38. The maximum atomic E-state index is 10.9. The monoisotopic (exact) mass is 302 g/mol. The van der Waals surface area contributed by atoms with Crippen molar-refractivity contribution >= 4 is 17.6 Å². The van der Waals surface area contributed by atoms with Gasteiger partial charge in [0.05, 0.1) is 5.56 Å². The first-order valence-electron chi connectivity index (χ1n) is 6.83. The quantitative estimate of drug-likeness (QED) is 0.893. The van der Waals surface area contributed by atoms with Crippen LogP contribution in [0, 0.1) is 6.92 Å². The molecule has 108 valence electrons. The van der Waals surface area contributed by atoms with E-state index in [1.165, 1.54) is 0 Å². The fraction of sp³-hybridized carbons (Fsp3) is 0.235. The van der Waals surface area contributed by atoms with E-state index in [1.54, 1.807) is 12.1 Å². The van der Waals surface area contributed by atoms with E-state index in [0.29, 0.717) is 0 Å². The Bertz CT molecular complexity index is 692. The Morgan fingerprint density at radius 3 is 2.67 bits per heavy atom. The van der Waals surface area contributed by atoms with Crippen LogP contribution in [-0.4, -0.2) is 11.1 Å². The zero-order valence-electron chi connectivity index (χ0n) is 11.6. The number of fused-ring (bicyclic) bond motifs is 1. The van der Waals surface area contributed by atoms with Crippen LogP contribution in [0.15, 0.2) is 36.4 Å². The fourth-order valence-electron chi connectivity index (χ4n) is 2.72. The van der Waals surface area contributed by atoms with Crippen molar-refractivity contribution in [2.45, 2.75) is 25.9 Å². The standard InChI is InChI=1S/C17H15ClO3/c1-10-8-14(18)9-13-6-7-15(21-16(10)13)11-2-4-12(5-3-11)17(19)20/h2-5,8-9,15H,6-7H2,1H3,(H,19,20). The Labute approximate surface area is 128 Å². The summed E-state index contributed by atoms with van der Waals surface area (Å²) in [6, 6.07) is 10.7. The second kappa shape index (κ2) is 5.41. The molecule has 0 aromatic heterocycles. The molecule has 0 spiro atoms. The molecule has 0 saturated carbocycles. The van der Waals surface area contributed by atoms with E-state index in [4.69, 9.17) is 21.4 Å². The Balaban J connectivity index is 1.87. The Kier molecular flexibility index (Phi) is 3.60. The molecule has 0 fully saturated rings. The summed E-state index contributed by atoms with van der Waals surface area (Å²) in [5.74, 6) is -0.0140. The summed E-state index contributed by atoms with van der Waals surface area (Å²) in [6.45, 7) is 1.99. The van der Waals surface area contributed by atoms with E-state index in [0.717, 1.165) is 40.3 Å². The van der Waals surface area contributed by atoms with Gasteiger partial charge in [-0.15, -0.1) is 0 Å². The van der Waals surface area contributed by atoms with Crippen LogP contribution < -0.4 is 4.74 Å². The molecule has 3 rings (SSSR count). The Hall–Kier alpha value is -2.00. The minimum Gasteiger partial charge on any atom is -0.485 e. The number of carboxylic acid groups (broad SMARTS) is 1. The smallest absolute Gasteiger partial charge is 0.335 e.